The third-order valence-corrected chi connectivity index (χ3v) is 5.97. The molecular formula is C23H26BrNO7. The maximum Gasteiger partial charge on any atom is 0.417 e. The molecule has 3 unspecified atom stereocenters. The van der Waals surface area contributed by atoms with Gasteiger partial charge in [-0.05, 0) is 47.3 Å². The van der Waals surface area contributed by atoms with Gasteiger partial charge < -0.3 is 19.0 Å². The van der Waals surface area contributed by atoms with Crippen molar-refractivity contribution in [1.29, 1.82) is 0 Å². The molecule has 0 spiro atoms. The first-order chi connectivity index (χ1) is 15.3. The van der Waals surface area contributed by atoms with E-state index >= 15 is 0 Å². The van der Waals surface area contributed by atoms with Crippen LogP contribution in [0.5, 0.6) is 0 Å². The Balaban J connectivity index is 1.86. The van der Waals surface area contributed by atoms with Crippen LogP contribution in [0.4, 0.5) is 4.79 Å². The highest BCUT2D eigenvalue weighted by atomic mass is 79.9. The number of rotatable bonds is 9. The smallest absolute Gasteiger partial charge is 0.417 e. The van der Waals surface area contributed by atoms with E-state index in [0.29, 0.717) is 35.3 Å². The van der Waals surface area contributed by atoms with Crippen LogP contribution in [0.2, 0.25) is 0 Å². The first-order valence-electron chi connectivity index (χ1n) is 10.4. The first-order valence-corrected chi connectivity index (χ1v) is 11.2. The number of amides is 2. The molecular weight excluding hydrogens is 482 g/mol. The number of halogens is 1. The fourth-order valence-electron chi connectivity index (χ4n) is 3.65. The van der Waals surface area contributed by atoms with Crippen molar-refractivity contribution in [3.8, 4) is 0 Å². The van der Waals surface area contributed by atoms with Crippen LogP contribution in [0.1, 0.15) is 55.9 Å². The van der Waals surface area contributed by atoms with Crippen molar-refractivity contribution in [2.45, 2.75) is 45.3 Å². The fraction of sp³-hybridized carbons (Fsp3) is 0.435. The van der Waals surface area contributed by atoms with Gasteiger partial charge in [-0.1, -0.05) is 30.3 Å². The van der Waals surface area contributed by atoms with Gasteiger partial charge >= 0.3 is 12.1 Å². The molecule has 1 aliphatic heterocycles. The Kier molecular flexibility index (Phi) is 8.09. The van der Waals surface area contributed by atoms with Gasteiger partial charge in [-0.2, -0.15) is 0 Å². The molecule has 1 aromatic heterocycles. The second-order valence-electron chi connectivity index (χ2n) is 7.63. The number of carbonyl (C=O) groups is 3. The quantitative estimate of drug-likeness (QED) is 0.397. The normalized spacial score (nSPS) is 17.7. The molecule has 8 nitrogen and oxygen atoms in total. The number of ether oxygens (including phenoxy) is 2. The molecule has 2 amide bonds. The second-order valence-corrected chi connectivity index (χ2v) is 8.49. The lowest BCUT2D eigenvalue weighted by atomic mass is 9.98. The lowest BCUT2D eigenvalue weighted by Crippen LogP contribution is -2.40. The number of hydrogen-bond acceptors (Lipinski definition) is 7. The highest BCUT2D eigenvalue weighted by Crippen LogP contribution is 2.36. The molecule has 1 N–H and O–H groups in total. The fourth-order valence-corrected chi connectivity index (χ4v) is 4.16. The summed E-state index contributed by atoms with van der Waals surface area (Å²) in [5.41, 5.74) is 0.773. The summed E-state index contributed by atoms with van der Waals surface area (Å²) in [4.78, 5) is 38.7. The van der Waals surface area contributed by atoms with E-state index < -0.39 is 36.0 Å². The average Bonchev–Trinajstić information content (AvgIpc) is 3.34. The number of aliphatic hydroxyl groups excluding tert-OH is 1. The van der Waals surface area contributed by atoms with Gasteiger partial charge in [0.25, 0.3) is 0 Å². The number of hydrogen-bond donors (Lipinski definition) is 1. The van der Waals surface area contributed by atoms with Crippen LogP contribution < -0.4 is 0 Å². The molecule has 1 aromatic carbocycles. The molecule has 1 aliphatic rings. The van der Waals surface area contributed by atoms with Gasteiger partial charge in [-0.15, -0.1) is 0 Å². The molecule has 1 fully saturated rings. The van der Waals surface area contributed by atoms with Crippen LogP contribution in [0.3, 0.4) is 0 Å². The number of benzene rings is 1. The summed E-state index contributed by atoms with van der Waals surface area (Å²) in [7, 11) is 0. The molecule has 0 aliphatic carbocycles. The number of aliphatic hydroxyl groups is 1. The molecule has 3 atom stereocenters. The Morgan fingerprint density at radius 2 is 2.00 bits per heavy atom. The number of imide groups is 1. The summed E-state index contributed by atoms with van der Waals surface area (Å²) in [6, 6.07) is 10.2. The highest BCUT2D eigenvalue weighted by molar-refractivity contribution is 9.10. The van der Waals surface area contributed by atoms with Crippen molar-refractivity contribution in [2.24, 2.45) is 5.92 Å². The molecule has 2 aromatic rings. The minimum atomic E-state index is -1.02. The van der Waals surface area contributed by atoms with Crippen LogP contribution in [-0.2, 0) is 25.5 Å². The second kappa shape index (κ2) is 10.8. The number of unbranched alkanes of at least 4 members (excludes halogenated alkanes) is 1. The minimum absolute atomic E-state index is 0.0564. The van der Waals surface area contributed by atoms with E-state index in [1.807, 2.05) is 30.3 Å². The Morgan fingerprint density at radius 1 is 1.28 bits per heavy atom. The minimum Gasteiger partial charge on any atom is -0.461 e. The van der Waals surface area contributed by atoms with Gasteiger partial charge in [-0.3, -0.25) is 9.59 Å². The summed E-state index contributed by atoms with van der Waals surface area (Å²) >= 11 is 3.44. The average molecular weight is 508 g/mol. The first kappa shape index (κ1) is 24.0. The van der Waals surface area contributed by atoms with Gasteiger partial charge in [0.15, 0.2) is 6.10 Å². The topological polar surface area (TPSA) is 106 Å². The molecule has 2 heterocycles. The maximum atomic E-state index is 13.4. The lowest BCUT2D eigenvalue weighted by Gasteiger charge is -2.27. The zero-order valence-corrected chi connectivity index (χ0v) is 19.5. The Hall–Kier alpha value is -2.65. The molecule has 32 heavy (non-hydrogen) atoms. The van der Waals surface area contributed by atoms with E-state index in [-0.39, 0.29) is 13.2 Å². The SMILES string of the molecule is CC(=O)OC(c1cc(Br)c(CCCCO)o1)C(C)C(=O)N1C(=O)OCC1c1ccccc1. The Morgan fingerprint density at radius 3 is 2.66 bits per heavy atom. The van der Waals surface area contributed by atoms with Crippen molar-refractivity contribution in [3.63, 3.8) is 0 Å². The molecule has 0 bridgehead atoms. The van der Waals surface area contributed by atoms with Gasteiger partial charge in [-0.25, -0.2) is 9.69 Å². The Bertz CT molecular complexity index is 959. The lowest BCUT2D eigenvalue weighted by molar-refractivity contribution is -0.154. The molecule has 9 heteroatoms. The van der Waals surface area contributed by atoms with E-state index in [4.69, 9.17) is 19.0 Å². The molecule has 3 rings (SSSR count). The monoisotopic (exact) mass is 507 g/mol. The van der Waals surface area contributed by atoms with Crippen LogP contribution in [0.25, 0.3) is 0 Å². The molecule has 1 saturated heterocycles. The van der Waals surface area contributed by atoms with Crippen LogP contribution in [0.15, 0.2) is 45.3 Å². The van der Waals surface area contributed by atoms with Crippen molar-refractivity contribution < 1.29 is 33.4 Å². The van der Waals surface area contributed by atoms with Crippen LogP contribution in [0, 0.1) is 5.92 Å². The van der Waals surface area contributed by atoms with Crippen molar-refractivity contribution in [1.82, 2.24) is 4.90 Å². The van der Waals surface area contributed by atoms with Gasteiger partial charge in [0.05, 0.1) is 10.4 Å². The summed E-state index contributed by atoms with van der Waals surface area (Å²) in [5.74, 6) is -1.07. The third kappa shape index (κ3) is 5.39. The standard InChI is InChI=1S/C23H26BrNO7/c1-14(22(28)25-18(13-30-23(25)29)16-8-4-3-5-9-16)21(31-15(2)27)20-12-17(24)19(32-20)10-6-7-11-26/h3-5,8-9,12,14,18,21,26H,6-7,10-11,13H2,1-2H3. The van der Waals surface area contributed by atoms with E-state index in [1.165, 1.54) is 6.92 Å². The maximum absolute atomic E-state index is 13.4. The summed E-state index contributed by atoms with van der Waals surface area (Å²) in [6.07, 6.45) is 0.163. The number of aryl methyl sites for hydroxylation is 1. The zero-order valence-electron chi connectivity index (χ0n) is 18.0. The number of furan rings is 1. The molecule has 172 valence electrons. The number of cyclic esters (lactones) is 1. The number of carbonyl (C=O) groups excluding carboxylic acids is 3. The predicted molar refractivity (Wildman–Crippen MR) is 117 cm³/mol. The summed E-state index contributed by atoms with van der Waals surface area (Å²) in [6.45, 7) is 2.98. The van der Waals surface area contributed by atoms with Crippen molar-refractivity contribution in [2.75, 3.05) is 13.2 Å². The summed E-state index contributed by atoms with van der Waals surface area (Å²) in [5, 5.41) is 8.99. The van der Waals surface area contributed by atoms with E-state index in [2.05, 4.69) is 15.9 Å². The number of nitrogens with zero attached hydrogens (tertiary/aromatic N) is 1. The van der Waals surface area contributed by atoms with Crippen LogP contribution in [-0.4, -0.2) is 41.2 Å². The highest BCUT2D eigenvalue weighted by Gasteiger charge is 2.44. The van der Waals surface area contributed by atoms with E-state index in [9.17, 15) is 14.4 Å². The Labute approximate surface area is 194 Å². The number of esters is 1. The van der Waals surface area contributed by atoms with E-state index in [1.54, 1.807) is 13.0 Å². The third-order valence-electron chi connectivity index (χ3n) is 5.30. The van der Waals surface area contributed by atoms with E-state index in [0.717, 1.165) is 10.5 Å². The van der Waals surface area contributed by atoms with Crippen molar-refractivity contribution >= 4 is 33.9 Å². The van der Waals surface area contributed by atoms with Gasteiger partial charge in [0.2, 0.25) is 5.91 Å². The molecule has 0 saturated carbocycles. The largest absolute Gasteiger partial charge is 0.461 e. The van der Waals surface area contributed by atoms with Crippen LogP contribution >= 0.6 is 15.9 Å². The predicted octanol–water partition coefficient (Wildman–Crippen LogP) is 4.32. The van der Waals surface area contributed by atoms with Crippen molar-refractivity contribution in [3.05, 3.63) is 58.0 Å². The molecule has 0 radical (unpaired) electrons. The summed E-state index contributed by atoms with van der Waals surface area (Å²) < 4.78 is 17.2. The zero-order chi connectivity index (χ0) is 23.3. The van der Waals surface area contributed by atoms with Gasteiger partial charge in [0.1, 0.15) is 24.2 Å². The van der Waals surface area contributed by atoms with Gasteiger partial charge in [0, 0.05) is 20.0 Å².